The monoisotopic (exact) mass is 239 g/mol. The first-order valence-electron chi connectivity index (χ1n) is 5.01. The zero-order chi connectivity index (χ0) is 12.1. The number of hydrogen-bond acceptors (Lipinski definition) is 5. The Morgan fingerprint density at radius 1 is 1.69 bits per heavy atom. The SMILES string of the molecule is CCN(CC(C)C#N)c1nc(Cl)ncc1N. The lowest BCUT2D eigenvalue weighted by Crippen LogP contribution is -2.29. The zero-order valence-electron chi connectivity index (χ0n) is 9.31. The van der Waals surface area contributed by atoms with E-state index in [1.54, 1.807) is 0 Å². The van der Waals surface area contributed by atoms with E-state index in [0.29, 0.717) is 24.6 Å². The minimum atomic E-state index is -0.0897. The fourth-order valence-corrected chi connectivity index (χ4v) is 1.48. The molecular formula is C10H14ClN5. The Morgan fingerprint density at radius 2 is 2.38 bits per heavy atom. The summed E-state index contributed by atoms with van der Waals surface area (Å²) in [5, 5.41) is 8.94. The third-order valence-electron chi connectivity index (χ3n) is 2.16. The second kappa shape index (κ2) is 5.52. The Morgan fingerprint density at radius 3 is 2.94 bits per heavy atom. The maximum atomic E-state index is 8.78. The van der Waals surface area contributed by atoms with Crippen molar-refractivity contribution in [3.8, 4) is 6.07 Å². The van der Waals surface area contributed by atoms with Crippen LogP contribution in [0.15, 0.2) is 6.20 Å². The van der Waals surface area contributed by atoms with E-state index in [1.807, 2.05) is 18.7 Å². The van der Waals surface area contributed by atoms with Crippen molar-refractivity contribution in [1.29, 1.82) is 5.26 Å². The number of aromatic nitrogens is 2. The van der Waals surface area contributed by atoms with Crippen molar-refractivity contribution >= 4 is 23.1 Å². The number of nitrogens with two attached hydrogens (primary N) is 1. The van der Waals surface area contributed by atoms with Gasteiger partial charge in [0.05, 0.1) is 23.9 Å². The van der Waals surface area contributed by atoms with Gasteiger partial charge in [-0.25, -0.2) is 4.98 Å². The van der Waals surface area contributed by atoms with Gasteiger partial charge in [-0.05, 0) is 25.4 Å². The molecule has 16 heavy (non-hydrogen) atoms. The Hall–Kier alpha value is -1.54. The molecule has 0 fully saturated rings. The normalized spacial score (nSPS) is 11.9. The summed E-state index contributed by atoms with van der Waals surface area (Å²) in [6.45, 7) is 5.11. The van der Waals surface area contributed by atoms with Crippen LogP contribution in [0.2, 0.25) is 5.28 Å². The standard InChI is InChI=1S/C10H14ClN5/c1-3-16(6-7(2)4-12)9-8(13)5-14-10(11)15-9/h5,7H,3,6,13H2,1-2H3. The second-order valence-electron chi connectivity index (χ2n) is 3.49. The first-order valence-corrected chi connectivity index (χ1v) is 5.38. The van der Waals surface area contributed by atoms with Crippen LogP contribution in [-0.4, -0.2) is 23.1 Å². The van der Waals surface area contributed by atoms with Gasteiger partial charge >= 0.3 is 0 Å². The average molecular weight is 240 g/mol. The van der Waals surface area contributed by atoms with Crippen molar-refractivity contribution in [2.45, 2.75) is 13.8 Å². The zero-order valence-corrected chi connectivity index (χ0v) is 10.1. The summed E-state index contributed by atoms with van der Waals surface area (Å²) in [5.41, 5.74) is 6.24. The summed E-state index contributed by atoms with van der Waals surface area (Å²) in [7, 11) is 0. The molecule has 2 N–H and O–H groups in total. The summed E-state index contributed by atoms with van der Waals surface area (Å²) in [6, 6.07) is 2.17. The van der Waals surface area contributed by atoms with Gasteiger partial charge < -0.3 is 10.6 Å². The summed E-state index contributed by atoms with van der Waals surface area (Å²) >= 11 is 5.72. The molecule has 86 valence electrons. The molecule has 0 aromatic carbocycles. The number of halogens is 1. The average Bonchev–Trinajstić information content (AvgIpc) is 2.29. The van der Waals surface area contributed by atoms with Crippen LogP contribution in [0, 0.1) is 17.2 Å². The van der Waals surface area contributed by atoms with Gasteiger partial charge in [0.1, 0.15) is 0 Å². The Labute approximate surface area is 99.9 Å². The number of rotatable bonds is 4. The van der Waals surface area contributed by atoms with Crippen molar-refractivity contribution in [2.75, 3.05) is 23.7 Å². The maximum absolute atomic E-state index is 8.78. The third-order valence-corrected chi connectivity index (χ3v) is 2.34. The highest BCUT2D eigenvalue weighted by atomic mass is 35.5. The molecule has 1 aromatic rings. The number of nitrogens with zero attached hydrogens (tertiary/aromatic N) is 4. The molecule has 0 saturated heterocycles. The van der Waals surface area contributed by atoms with Crippen molar-refractivity contribution in [1.82, 2.24) is 9.97 Å². The minimum absolute atomic E-state index is 0.0897. The van der Waals surface area contributed by atoms with E-state index in [2.05, 4.69) is 16.0 Å². The van der Waals surface area contributed by atoms with Crippen LogP contribution in [0.25, 0.3) is 0 Å². The van der Waals surface area contributed by atoms with Gasteiger partial charge in [-0.2, -0.15) is 10.2 Å². The molecule has 1 rings (SSSR count). The minimum Gasteiger partial charge on any atom is -0.394 e. The molecule has 0 aliphatic heterocycles. The van der Waals surface area contributed by atoms with Gasteiger partial charge in [-0.15, -0.1) is 0 Å². The summed E-state index contributed by atoms with van der Waals surface area (Å²) in [5.74, 6) is 0.498. The van der Waals surface area contributed by atoms with Crippen molar-refractivity contribution in [3.63, 3.8) is 0 Å². The molecule has 0 radical (unpaired) electrons. The second-order valence-corrected chi connectivity index (χ2v) is 3.82. The molecule has 1 unspecified atom stereocenters. The van der Waals surface area contributed by atoms with E-state index in [4.69, 9.17) is 22.6 Å². The van der Waals surface area contributed by atoms with Gasteiger partial charge in [0.25, 0.3) is 0 Å². The highest BCUT2D eigenvalue weighted by Crippen LogP contribution is 2.21. The predicted octanol–water partition coefficient (Wildman–Crippen LogP) is 1.70. The van der Waals surface area contributed by atoms with E-state index < -0.39 is 0 Å². The largest absolute Gasteiger partial charge is 0.394 e. The Balaban J connectivity index is 2.95. The van der Waals surface area contributed by atoms with E-state index in [-0.39, 0.29) is 11.2 Å². The Bertz CT molecular complexity index is 401. The van der Waals surface area contributed by atoms with Gasteiger partial charge in [-0.1, -0.05) is 0 Å². The topological polar surface area (TPSA) is 78.8 Å². The maximum Gasteiger partial charge on any atom is 0.224 e. The van der Waals surface area contributed by atoms with E-state index in [0.717, 1.165) is 0 Å². The first kappa shape index (κ1) is 12.5. The van der Waals surface area contributed by atoms with Crippen molar-refractivity contribution in [3.05, 3.63) is 11.5 Å². The molecule has 6 heteroatoms. The van der Waals surface area contributed by atoms with Gasteiger partial charge in [0, 0.05) is 13.1 Å². The number of nitriles is 1. The molecule has 5 nitrogen and oxygen atoms in total. The van der Waals surface area contributed by atoms with Gasteiger partial charge in [0.15, 0.2) is 5.82 Å². The molecule has 0 aliphatic carbocycles. The van der Waals surface area contributed by atoms with Crippen LogP contribution in [0.5, 0.6) is 0 Å². The molecule has 0 amide bonds. The van der Waals surface area contributed by atoms with E-state index >= 15 is 0 Å². The quantitative estimate of drug-likeness (QED) is 0.809. The molecule has 0 saturated carbocycles. The molecular weight excluding hydrogens is 226 g/mol. The van der Waals surface area contributed by atoms with Gasteiger partial charge in [-0.3, -0.25) is 0 Å². The highest BCUT2D eigenvalue weighted by Gasteiger charge is 2.13. The molecule has 1 heterocycles. The van der Waals surface area contributed by atoms with Crippen LogP contribution in [0.1, 0.15) is 13.8 Å². The predicted molar refractivity (Wildman–Crippen MR) is 64.1 cm³/mol. The van der Waals surface area contributed by atoms with Crippen LogP contribution in [0.4, 0.5) is 11.5 Å². The number of nitrogen functional groups attached to an aromatic ring is 1. The van der Waals surface area contributed by atoms with Crippen LogP contribution in [0.3, 0.4) is 0 Å². The summed E-state index contributed by atoms with van der Waals surface area (Å²) in [4.78, 5) is 9.78. The fraction of sp³-hybridized carbons (Fsp3) is 0.500. The summed E-state index contributed by atoms with van der Waals surface area (Å²) in [6.07, 6.45) is 1.48. The lowest BCUT2D eigenvalue weighted by Gasteiger charge is -2.23. The smallest absolute Gasteiger partial charge is 0.224 e. The lowest BCUT2D eigenvalue weighted by atomic mass is 10.2. The van der Waals surface area contributed by atoms with Gasteiger partial charge in [0.2, 0.25) is 5.28 Å². The van der Waals surface area contributed by atoms with Crippen molar-refractivity contribution < 1.29 is 0 Å². The Kier molecular flexibility index (Phi) is 4.32. The number of hydrogen-bond donors (Lipinski definition) is 1. The molecule has 1 atom stereocenters. The number of anilines is 2. The van der Waals surface area contributed by atoms with Crippen LogP contribution < -0.4 is 10.6 Å². The first-order chi connectivity index (χ1) is 7.58. The van der Waals surface area contributed by atoms with E-state index in [9.17, 15) is 0 Å². The molecule has 0 spiro atoms. The summed E-state index contributed by atoms with van der Waals surface area (Å²) < 4.78 is 0. The molecule has 0 bridgehead atoms. The third kappa shape index (κ3) is 2.97. The van der Waals surface area contributed by atoms with Crippen molar-refractivity contribution in [2.24, 2.45) is 5.92 Å². The fourth-order valence-electron chi connectivity index (χ4n) is 1.35. The highest BCUT2D eigenvalue weighted by molar-refractivity contribution is 6.28. The van der Waals surface area contributed by atoms with Crippen LogP contribution in [-0.2, 0) is 0 Å². The molecule has 0 aliphatic rings. The lowest BCUT2D eigenvalue weighted by molar-refractivity contribution is 0.679. The van der Waals surface area contributed by atoms with Crippen LogP contribution >= 0.6 is 11.6 Å². The van der Waals surface area contributed by atoms with E-state index in [1.165, 1.54) is 6.20 Å². The molecule has 1 aromatic heterocycles.